The average molecular weight is 441 g/mol. The van der Waals surface area contributed by atoms with E-state index in [0.717, 1.165) is 23.6 Å². The molecule has 0 aliphatic carbocycles. The Labute approximate surface area is 185 Å². The standard InChI is InChI=1S/C22H24N4O4S/c1-4-10-31-19(20(23)28)6-5-9-22(21(29)25-15(2)26-22)14-24-12-16-7-8-18(30-3)11-17(16)13-27/h4,6-8,10-11,13,24,26H,2,12,14H2,1,3H3,(H2,23,28)(H,25,29)/b10-4-,19-6+/t22-/m1/s1. The number of allylic oxidation sites excluding steroid dienone is 2. The summed E-state index contributed by atoms with van der Waals surface area (Å²) in [5, 5.41) is 10.4. The van der Waals surface area contributed by atoms with E-state index in [0.29, 0.717) is 23.7 Å². The number of thioether (sulfide) groups is 1. The highest BCUT2D eigenvalue weighted by Crippen LogP contribution is 2.18. The molecule has 2 amide bonds. The largest absolute Gasteiger partial charge is 0.497 e. The first-order chi connectivity index (χ1) is 14.8. The third kappa shape index (κ3) is 6.25. The van der Waals surface area contributed by atoms with Crippen LogP contribution < -0.4 is 26.4 Å². The van der Waals surface area contributed by atoms with Gasteiger partial charge in [-0.25, -0.2) is 0 Å². The van der Waals surface area contributed by atoms with Gasteiger partial charge in [-0.3, -0.25) is 14.4 Å². The molecule has 1 aliphatic rings. The highest BCUT2D eigenvalue weighted by molar-refractivity contribution is 8.06. The molecule has 0 radical (unpaired) electrons. The van der Waals surface area contributed by atoms with Gasteiger partial charge >= 0.3 is 0 Å². The summed E-state index contributed by atoms with van der Waals surface area (Å²) in [5.74, 6) is 5.52. The first-order valence-electron chi connectivity index (χ1n) is 9.27. The second kappa shape index (κ2) is 11.1. The van der Waals surface area contributed by atoms with Gasteiger partial charge in [-0.2, -0.15) is 0 Å². The molecular weight excluding hydrogens is 416 g/mol. The van der Waals surface area contributed by atoms with Crippen LogP contribution in [0.25, 0.3) is 0 Å². The summed E-state index contributed by atoms with van der Waals surface area (Å²) in [4.78, 5) is 35.7. The molecule has 0 aromatic heterocycles. The highest BCUT2D eigenvalue weighted by atomic mass is 32.2. The van der Waals surface area contributed by atoms with Gasteiger partial charge in [0.2, 0.25) is 0 Å². The predicted octanol–water partition coefficient (Wildman–Crippen LogP) is 1.17. The lowest BCUT2D eigenvalue weighted by atomic mass is 10.00. The number of hydrogen-bond acceptors (Lipinski definition) is 7. The second-order valence-corrected chi connectivity index (χ2v) is 7.43. The number of aldehydes is 1. The fourth-order valence-corrected chi connectivity index (χ4v) is 3.26. The van der Waals surface area contributed by atoms with Crippen molar-refractivity contribution in [2.75, 3.05) is 13.7 Å². The topological polar surface area (TPSA) is 123 Å². The van der Waals surface area contributed by atoms with Crippen LogP contribution in [0.2, 0.25) is 0 Å². The Morgan fingerprint density at radius 1 is 1.45 bits per heavy atom. The summed E-state index contributed by atoms with van der Waals surface area (Å²) in [6.07, 6.45) is 3.89. The third-order valence-corrected chi connectivity index (χ3v) is 5.25. The van der Waals surface area contributed by atoms with Crippen molar-refractivity contribution in [2.24, 2.45) is 5.73 Å². The van der Waals surface area contributed by atoms with Gasteiger partial charge in [0, 0.05) is 24.7 Å². The number of nitrogens with one attached hydrogen (secondary N) is 3. The maximum absolute atomic E-state index is 12.6. The smallest absolute Gasteiger partial charge is 0.265 e. The Balaban J connectivity index is 2.21. The summed E-state index contributed by atoms with van der Waals surface area (Å²) in [6.45, 7) is 5.98. The molecule has 1 aromatic rings. The van der Waals surface area contributed by atoms with Crippen LogP contribution in [0.5, 0.6) is 5.75 Å². The van der Waals surface area contributed by atoms with Crippen molar-refractivity contribution < 1.29 is 19.1 Å². The molecule has 1 atom stereocenters. The summed E-state index contributed by atoms with van der Waals surface area (Å²) in [6, 6.07) is 5.16. The maximum Gasteiger partial charge on any atom is 0.265 e. The molecule has 9 heteroatoms. The van der Waals surface area contributed by atoms with Gasteiger partial charge in [0.25, 0.3) is 11.8 Å². The monoisotopic (exact) mass is 440 g/mol. The molecule has 0 bridgehead atoms. The third-order valence-electron chi connectivity index (χ3n) is 4.26. The van der Waals surface area contributed by atoms with Gasteiger partial charge in [0.15, 0.2) is 11.8 Å². The number of carbonyl (C=O) groups is 3. The number of amides is 2. The zero-order chi connectivity index (χ0) is 22.9. The maximum atomic E-state index is 12.6. The molecule has 8 nitrogen and oxygen atoms in total. The number of rotatable bonds is 9. The van der Waals surface area contributed by atoms with Crippen molar-refractivity contribution in [2.45, 2.75) is 19.0 Å². The van der Waals surface area contributed by atoms with Gasteiger partial charge in [-0.1, -0.05) is 42.3 Å². The minimum absolute atomic E-state index is 0.122. The van der Waals surface area contributed by atoms with Crippen LogP contribution in [0.3, 0.4) is 0 Å². The fraction of sp³-hybridized carbons (Fsp3) is 0.227. The lowest BCUT2D eigenvalue weighted by Gasteiger charge is -2.21. The Morgan fingerprint density at radius 2 is 2.23 bits per heavy atom. The first kappa shape index (κ1) is 23.8. The van der Waals surface area contributed by atoms with Crippen LogP contribution in [-0.4, -0.2) is 37.3 Å². The number of primary amides is 1. The number of carbonyl (C=O) groups excluding carboxylic acids is 3. The molecule has 1 fully saturated rings. The summed E-state index contributed by atoms with van der Waals surface area (Å²) in [5.41, 5.74) is 5.29. The van der Waals surface area contributed by atoms with Gasteiger partial charge in [-0.05, 0) is 30.0 Å². The predicted molar refractivity (Wildman–Crippen MR) is 121 cm³/mol. The van der Waals surface area contributed by atoms with E-state index in [2.05, 4.69) is 34.4 Å². The minimum atomic E-state index is -1.30. The Hall–Kier alpha value is -3.48. The van der Waals surface area contributed by atoms with Gasteiger partial charge in [0.1, 0.15) is 5.75 Å². The van der Waals surface area contributed by atoms with Crippen LogP contribution >= 0.6 is 11.8 Å². The molecule has 162 valence electrons. The van der Waals surface area contributed by atoms with Gasteiger partial charge < -0.3 is 26.4 Å². The lowest BCUT2D eigenvalue weighted by Crippen LogP contribution is -2.52. The average Bonchev–Trinajstić information content (AvgIpc) is 3.03. The Kier molecular flexibility index (Phi) is 8.49. The van der Waals surface area contributed by atoms with Gasteiger partial charge in [-0.15, -0.1) is 0 Å². The van der Waals surface area contributed by atoms with Crippen LogP contribution in [0.4, 0.5) is 0 Å². The van der Waals surface area contributed by atoms with Gasteiger partial charge in [0.05, 0.1) is 17.8 Å². The normalized spacial score (nSPS) is 18.2. The van der Waals surface area contributed by atoms with Crippen molar-refractivity contribution in [1.29, 1.82) is 0 Å². The molecule has 31 heavy (non-hydrogen) atoms. The quantitative estimate of drug-likeness (QED) is 0.258. The molecular formula is C22H24N4O4S. The highest BCUT2D eigenvalue weighted by Gasteiger charge is 2.42. The summed E-state index contributed by atoms with van der Waals surface area (Å²) in [7, 11) is 1.52. The van der Waals surface area contributed by atoms with E-state index in [4.69, 9.17) is 10.5 Å². The van der Waals surface area contributed by atoms with Crippen LogP contribution in [0.1, 0.15) is 22.8 Å². The Morgan fingerprint density at radius 3 is 2.81 bits per heavy atom. The molecule has 0 saturated carbocycles. The number of methoxy groups -OCH3 is 1. The fourth-order valence-electron chi connectivity index (χ4n) is 2.73. The van der Waals surface area contributed by atoms with E-state index in [1.807, 2.05) is 6.92 Å². The zero-order valence-corrected chi connectivity index (χ0v) is 18.1. The number of nitrogens with two attached hydrogens (primary N) is 1. The zero-order valence-electron chi connectivity index (χ0n) is 17.3. The van der Waals surface area contributed by atoms with E-state index >= 15 is 0 Å². The first-order valence-corrected chi connectivity index (χ1v) is 10.1. The SMILES string of the molecule is C=C1NC(=O)[C@@](C#C/C=C(/S/C=C\C)C(N)=O)(CNCc2ccc(OC)cc2C=O)N1. The van der Waals surface area contributed by atoms with E-state index < -0.39 is 11.4 Å². The molecule has 5 N–H and O–H groups in total. The van der Waals surface area contributed by atoms with E-state index in [1.54, 1.807) is 29.7 Å². The second-order valence-electron chi connectivity index (χ2n) is 6.48. The van der Waals surface area contributed by atoms with Crippen molar-refractivity contribution in [3.05, 3.63) is 64.2 Å². The summed E-state index contributed by atoms with van der Waals surface area (Å²) < 4.78 is 5.13. The van der Waals surface area contributed by atoms with E-state index in [-0.39, 0.29) is 17.4 Å². The number of hydrogen-bond donors (Lipinski definition) is 4. The molecule has 1 saturated heterocycles. The number of ether oxygens (including phenoxy) is 1. The molecule has 0 spiro atoms. The van der Waals surface area contributed by atoms with Crippen molar-refractivity contribution in [3.8, 4) is 17.6 Å². The Bertz CT molecular complexity index is 1010. The van der Waals surface area contributed by atoms with Crippen LogP contribution in [0.15, 0.2) is 53.1 Å². The minimum Gasteiger partial charge on any atom is -0.497 e. The van der Waals surface area contributed by atoms with E-state index in [1.165, 1.54) is 13.2 Å². The van der Waals surface area contributed by atoms with Crippen LogP contribution in [-0.2, 0) is 16.1 Å². The molecule has 2 rings (SSSR count). The number of benzene rings is 1. The molecule has 1 heterocycles. The molecule has 1 aliphatic heterocycles. The van der Waals surface area contributed by atoms with Crippen LogP contribution in [0, 0.1) is 11.8 Å². The molecule has 1 aromatic carbocycles. The molecule has 0 unspecified atom stereocenters. The van der Waals surface area contributed by atoms with Crippen molar-refractivity contribution >= 4 is 29.9 Å². The lowest BCUT2D eigenvalue weighted by molar-refractivity contribution is -0.122. The van der Waals surface area contributed by atoms with Crippen molar-refractivity contribution in [1.82, 2.24) is 16.0 Å². The summed E-state index contributed by atoms with van der Waals surface area (Å²) >= 11 is 1.14. The van der Waals surface area contributed by atoms with E-state index in [9.17, 15) is 14.4 Å². The van der Waals surface area contributed by atoms with Crippen molar-refractivity contribution in [3.63, 3.8) is 0 Å².